The van der Waals surface area contributed by atoms with E-state index in [1.807, 2.05) is 6.92 Å². The van der Waals surface area contributed by atoms with Crippen molar-refractivity contribution in [1.29, 1.82) is 0 Å². The predicted octanol–water partition coefficient (Wildman–Crippen LogP) is 0.860. The number of rotatable bonds is 6. The molecule has 0 bridgehead atoms. The summed E-state index contributed by atoms with van der Waals surface area (Å²) in [5, 5.41) is 2.53. The smallest absolute Gasteiger partial charge is 0.312 e. The number of nitrogens with two attached hydrogens (primary N) is 1. The minimum atomic E-state index is -0.499. The van der Waals surface area contributed by atoms with E-state index in [0.717, 1.165) is 19.4 Å². The van der Waals surface area contributed by atoms with Crippen LogP contribution in [-0.2, 0) is 4.74 Å². The Morgan fingerprint density at radius 2 is 2.33 bits per heavy atom. The average molecular weight is 174 g/mol. The van der Waals surface area contributed by atoms with Gasteiger partial charge in [0.2, 0.25) is 0 Å². The molecule has 0 rings (SSSR count). The molecule has 4 heteroatoms. The molecule has 0 aromatic carbocycles. The number of hydrogen-bond acceptors (Lipinski definition) is 2. The Kier molecular flexibility index (Phi) is 6.47. The summed E-state index contributed by atoms with van der Waals surface area (Å²) in [6.45, 7) is 5.25. The second kappa shape index (κ2) is 6.91. The van der Waals surface area contributed by atoms with Gasteiger partial charge in [-0.3, -0.25) is 0 Å². The first-order valence-corrected chi connectivity index (χ1v) is 4.30. The number of hydrogen-bond donors (Lipinski definition) is 2. The first kappa shape index (κ1) is 11.2. The van der Waals surface area contributed by atoms with Gasteiger partial charge >= 0.3 is 6.03 Å². The SMILES string of the molecule is CCCCOC[C@@H](C)NC(N)=O. The van der Waals surface area contributed by atoms with Crippen LogP contribution in [0.15, 0.2) is 0 Å². The van der Waals surface area contributed by atoms with Crippen LogP contribution in [0.25, 0.3) is 0 Å². The van der Waals surface area contributed by atoms with Crippen molar-refractivity contribution in [2.24, 2.45) is 5.73 Å². The Bertz CT molecular complexity index is 128. The topological polar surface area (TPSA) is 64.3 Å². The summed E-state index contributed by atoms with van der Waals surface area (Å²) in [5.74, 6) is 0. The summed E-state index contributed by atoms with van der Waals surface area (Å²) in [7, 11) is 0. The van der Waals surface area contributed by atoms with Crippen LogP contribution in [0.5, 0.6) is 0 Å². The summed E-state index contributed by atoms with van der Waals surface area (Å²) < 4.78 is 5.27. The molecule has 0 aromatic heterocycles. The Hall–Kier alpha value is -0.770. The van der Waals surface area contributed by atoms with Gasteiger partial charge in [-0.25, -0.2) is 4.79 Å². The lowest BCUT2D eigenvalue weighted by molar-refractivity contribution is 0.115. The van der Waals surface area contributed by atoms with Crippen LogP contribution in [0, 0.1) is 0 Å². The van der Waals surface area contributed by atoms with Gasteiger partial charge in [0.15, 0.2) is 0 Å². The average Bonchev–Trinajstić information content (AvgIpc) is 1.97. The van der Waals surface area contributed by atoms with Gasteiger partial charge in [0.1, 0.15) is 0 Å². The van der Waals surface area contributed by atoms with E-state index >= 15 is 0 Å². The molecule has 1 atom stereocenters. The first-order chi connectivity index (χ1) is 5.66. The number of nitrogens with one attached hydrogen (secondary N) is 1. The van der Waals surface area contributed by atoms with Crippen LogP contribution < -0.4 is 11.1 Å². The normalized spacial score (nSPS) is 12.5. The number of carbonyl (C=O) groups excluding carboxylic acids is 1. The maximum Gasteiger partial charge on any atom is 0.312 e. The summed E-state index contributed by atoms with van der Waals surface area (Å²) in [6, 6.07) is -0.499. The molecule has 0 radical (unpaired) electrons. The third-order valence-corrected chi connectivity index (χ3v) is 1.40. The van der Waals surface area contributed by atoms with Gasteiger partial charge in [-0.1, -0.05) is 13.3 Å². The highest BCUT2D eigenvalue weighted by Gasteiger charge is 2.02. The highest BCUT2D eigenvalue weighted by atomic mass is 16.5. The van der Waals surface area contributed by atoms with Crippen molar-refractivity contribution in [3.05, 3.63) is 0 Å². The van der Waals surface area contributed by atoms with Crippen LogP contribution in [0.2, 0.25) is 0 Å². The van der Waals surface area contributed by atoms with Crippen molar-refractivity contribution in [1.82, 2.24) is 5.32 Å². The number of primary amides is 1. The quantitative estimate of drug-likeness (QED) is 0.586. The highest BCUT2D eigenvalue weighted by Crippen LogP contribution is 1.89. The molecule has 12 heavy (non-hydrogen) atoms. The second-order valence-electron chi connectivity index (χ2n) is 2.84. The Morgan fingerprint density at radius 1 is 1.67 bits per heavy atom. The molecular formula is C8H18N2O2. The van der Waals surface area contributed by atoms with Crippen molar-refractivity contribution >= 4 is 6.03 Å². The molecule has 0 aliphatic rings. The molecule has 72 valence electrons. The van der Waals surface area contributed by atoms with E-state index in [1.165, 1.54) is 0 Å². The van der Waals surface area contributed by atoms with Crippen molar-refractivity contribution < 1.29 is 9.53 Å². The van der Waals surface area contributed by atoms with Crippen LogP contribution in [0.4, 0.5) is 4.79 Å². The number of carbonyl (C=O) groups is 1. The lowest BCUT2D eigenvalue weighted by Gasteiger charge is -2.11. The third kappa shape index (κ3) is 7.34. The molecule has 0 spiro atoms. The molecule has 0 unspecified atom stereocenters. The molecule has 0 aliphatic carbocycles. The number of urea groups is 1. The summed E-state index contributed by atoms with van der Waals surface area (Å²) >= 11 is 0. The van der Waals surface area contributed by atoms with E-state index in [9.17, 15) is 4.79 Å². The highest BCUT2D eigenvalue weighted by molar-refractivity contribution is 5.71. The van der Waals surface area contributed by atoms with E-state index in [0.29, 0.717) is 6.61 Å². The molecule has 0 aromatic rings. The molecule has 0 saturated carbocycles. The van der Waals surface area contributed by atoms with E-state index in [4.69, 9.17) is 10.5 Å². The molecule has 0 saturated heterocycles. The Morgan fingerprint density at radius 3 is 2.83 bits per heavy atom. The molecule has 0 fully saturated rings. The second-order valence-corrected chi connectivity index (χ2v) is 2.84. The zero-order valence-electron chi connectivity index (χ0n) is 7.80. The summed E-state index contributed by atoms with van der Waals surface area (Å²) in [5.41, 5.74) is 4.92. The van der Waals surface area contributed by atoms with E-state index in [1.54, 1.807) is 0 Å². The van der Waals surface area contributed by atoms with Crippen LogP contribution in [-0.4, -0.2) is 25.3 Å². The van der Waals surface area contributed by atoms with Gasteiger partial charge in [-0.05, 0) is 13.3 Å². The fraction of sp³-hybridized carbons (Fsp3) is 0.875. The van der Waals surface area contributed by atoms with Gasteiger partial charge < -0.3 is 15.8 Å². The fourth-order valence-corrected chi connectivity index (χ4v) is 0.791. The Balaban J connectivity index is 3.19. The first-order valence-electron chi connectivity index (χ1n) is 4.30. The Labute approximate surface area is 73.5 Å². The lowest BCUT2D eigenvalue weighted by atomic mass is 10.3. The summed E-state index contributed by atoms with van der Waals surface area (Å²) in [6.07, 6.45) is 2.18. The molecule has 2 amide bonds. The molecule has 4 nitrogen and oxygen atoms in total. The van der Waals surface area contributed by atoms with Crippen LogP contribution in [0.1, 0.15) is 26.7 Å². The van der Waals surface area contributed by atoms with Gasteiger partial charge in [0.25, 0.3) is 0 Å². The standard InChI is InChI=1S/C8H18N2O2/c1-3-4-5-12-6-7(2)10-8(9)11/h7H,3-6H2,1-2H3,(H3,9,10,11)/t7-/m1/s1. The van der Waals surface area contributed by atoms with Crippen molar-refractivity contribution in [3.63, 3.8) is 0 Å². The van der Waals surface area contributed by atoms with Gasteiger partial charge in [-0.2, -0.15) is 0 Å². The zero-order chi connectivity index (χ0) is 9.40. The van der Waals surface area contributed by atoms with E-state index < -0.39 is 6.03 Å². The van der Waals surface area contributed by atoms with E-state index in [2.05, 4.69) is 12.2 Å². The number of ether oxygens (including phenoxy) is 1. The molecule has 3 N–H and O–H groups in total. The van der Waals surface area contributed by atoms with Crippen molar-refractivity contribution in [2.75, 3.05) is 13.2 Å². The lowest BCUT2D eigenvalue weighted by Crippen LogP contribution is -2.39. The largest absolute Gasteiger partial charge is 0.379 e. The monoisotopic (exact) mass is 174 g/mol. The van der Waals surface area contributed by atoms with Crippen LogP contribution in [0.3, 0.4) is 0 Å². The number of amides is 2. The van der Waals surface area contributed by atoms with Gasteiger partial charge in [-0.15, -0.1) is 0 Å². The van der Waals surface area contributed by atoms with Crippen molar-refractivity contribution in [2.45, 2.75) is 32.7 Å². The predicted molar refractivity (Wildman–Crippen MR) is 47.9 cm³/mol. The van der Waals surface area contributed by atoms with E-state index in [-0.39, 0.29) is 6.04 Å². The molecular weight excluding hydrogens is 156 g/mol. The zero-order valence-corrected chi connectivity index (χ0v) is 7.80. The maximum atomic E-state index is 10.4. The minimum absolute atomic E-state index is 0.000596. The van der Waals surface area contributed by atoms with Gasteiger partial charge in [0, 0.05) is 6.61 Å². The maximum absolute atomic E-state index is 10.4. The van der Waals surface area contributed by atoms with Crippen molar-refractivity contribution in [3.8, 4) is 0 Å². The fourth-order valence-electron chi connectivity index (χ4n) is 0.791. The molecule has 0 heterocycles. The third-order valence-electron chi connectivity index (χ3n) is 1.40. The minimum Gasteiger partial charge on any atom is -0.379 e. The molecule has 0 aliphatic heterocycles. The number of unbranched alkanes of at least 4 members (excludes halogenated alkanes) is 1. The van der Waals surface area contributed by atoms with Crippen LogP contribution >= 0.6 is 0 Å². The summed E-state index contributed by atoms with van der Waals surface area (Å²) in [4.78, 5) is 10.4. The van der Waals surface area contributed by atoms with Gasteiger partial charge in [0.05, 0.1) is 12.6 Å².